The van der Waals surface area contributed by atoms with Gasteiger partial charge < -0.3 is 10.1 Å². The fraction of sp³-hybridized carbons (Fsp3) is 0.375. The first-order valence-electron chi connectivity index (χ1n) is 7.03. The van der Waals surface area contributed by atoms with Crippen LogP contribution in [0.1, 0.15) is 32.6 Å². The van der Waals surface area contributed by atoms with E-state index < -0.39 is 5.97 Å². The van der Waals surface area contributed by atoms with Crippen molar-refractivity contribution >= 4 is 29.2 Å². The third-order valence-corrected chi connectivity index (χ3v) is 2.98. The van der Waals surface area contributed by atoms with E-state index in [0.29, 0.717) is 17.3 Å². The van der Waals surface area contributed by atoms with Crippen molar-refractivity contribution in [2.24, 2.45) is 0 Å². The molecular weight excluding hydrogens is 290 g/mol. The van der Waals surface area contributed by atoms with Gasteiger partial charge in [-0.2, -0.15) is 0 Å². The Morgan fingerprint density at radius 3 is 2.52 bits per heavy atom. The van der Waals surface area contributed by atoms with Crippen LogP contribution in [0.3, 0.4) is 0 Å². The quantitative estimate of drug-likeness (QED) is 0.449. The lowest BCUT2D eigenvalue weighted by Gasteiger charge is -2.02. The molecule has 5 heteroatoms. The zero-order valence-electron chi connectivity index (χ0n) is 12.1. The van der Waals surface area contributed by atoms with Gasteiger partial charge in [0.2, 0.25) is 5.91 Å². The number of hydrogen-bond donors (Lipinski definition) is 1. The second kappa shape index (κ2) is 10.00. The largest absolute Gasteiger partial charge is 0.463 e. The van der Waals surface area contributed by atoms with Gasteiger partial charge in [0.05, 0.1) is 6.61 Å². The first-order valence-corrected chi connectivity index (χ1v) is 7.41. The third-order valence-electron chi connectivity index (χ3n) is 2.72. The van der Waals surface area contributed by atoms with Crippen LogP contribution in [0.25, 0.3) is 0 Å². The molecule has 0 aliphatic heterocycles. The van der Waals surface area contributed by atoms with Crippen molar-refractivity contribution < 1.29 is 14.3 Å². The maximum Gasteiger partial charge on any atom is 0.330 e. The van der Waals surface area contributed by atoms with Gasteiger partial charge in [-0.3, -0.25) is 4.79 Å². The van der Waals surface area contributed by atoms with E-state index in [1.54, 1.807) is 24.3 Å². The number of carbonyl (C=O) groups is 2. The Morgan fingerprint density at radius 2 is 1.86 bits per heavy atom. The molecule has 0 bridgehead atoms. The van der Waals surface area contributed by atoms with Gasteiger partial charge in [0.15, 0.2) is 0 Å². The number of ether oxygens (including phenoxy) is 1. The van der Waals surface area contributed by atoms with Gasteiger partial charge >= 0.3 is 5.97 Å². The molecule has 1 N–H and O–H groups in total. The van der Waals surface area contributed by atoms with Gasteiger partial charge in [0.25, 0.3) is 0 Å². The number of halogens is 1. The van der Waals surface area contributed by atoms with Gasteiger partial charge in [0, 0.05) is 22.9 Å². The number of benzene rings is 1. The maximum absolute atomic E-state index is 11.6. The van der Waals surface area contributed by atoms with Crippen LogP contribution in [0.5, 0.6) is 0 Å². The Hall–Kier alpha value is -1.81. The highest BCUT2D eigenvalue weighted by atomic mass is 35.5. The number of hydrogen-bond acceptors (Lipinski definition) is 3. The van der Waals surface area contributed by atoms with E-state index in [2.05, 4.69) is 12.2 Å². The van der Waals surface area contributed by atoms with Crippen molar-refractivity contribution in [1.29, 1.82) is 0 Å². The number of nitrogens with one attached hydrogen (secondary N) is 1. The molecule has 0 spiro atoms. The molecule has 1 aromatic carbocycles. The number of esters is 1. The second-order valence-electron chi connectivity index (χ2n) is 4.56. The molecule has 4 nitrogen and oxygen atoms in total. The minimum Gasteiger partial charge on any atom is -0.463 e. The van der Waals surface area contributed by atoms with Crippen molar-refractivity contribution in [2.45, 2.75) is 32.6 Å². The topological polar surface area (TPSA) is 55.4 Å². The molecule has 1 rings (SSSR count). The standard InChI is InChI=1S/C16H20ClNO3/c1-2-3-4-5-12-21-16(20)11-10-15(19)18-14-8-6-13(17)7-9-14/h6-11H,2-5,12H2,1H3,(H,18,19)/b11-10+. The number of anilines is 1. The summed E-state index contributed by atoms with van der Waals surface area (Å²) in [5.74, 6) is -0.891. The van der Waals surface area contributed by atoms with Gasteiger partial charge in [-0.1, -0.05) is 37.8 Å². The number of amides is 1. The second-order valence-corrected chi connectivity index (χ2v) is 4.99. The molecule has 0 aliphatic rings. The number of unbranched alkanes of at least 4 members (excludes halogenated alkanes) is 3. The molecule has 0 saturated carbocycles. The van der Waals surface area contributed by atoms with E-state index in [9.17, 15) is 9.59 Å². The Kier molecular flexibility index (Phi) is 8.21. The lowest BCUT2D eigenvalue weighted by molar-refractivity contribution is -0.138. The average molecular weight is 310 g/mol. The number of rotatable bonds is 8. The van der Waals surface area contributed by atoms with E-state index in [0.717, 1.165) is 37.8 Å². The van der Waals surface area contributed by atoms with Gasteiger partial charge in [0.1, 0.15) is 0 Å². The summed E-state index contributed by atoms with van der Waals surface area (Å²) in [7, 11) is 0. The normalized spacial score (nSPS) is 10.6. The first kappa shape index (κ1) is 17.2. The minimum absolute atomic E-state index is 0.389. The van der Waals surface area contributed by atoms with Gasteiger partial charge in [-0.05, 0) is 30.7 Å². The fourth-order valence-corrected chi connectivity index (χ4v) is 1.74. The Labute approximate surface area is 130 Å². The highest BCUT2D eigenvalue weighted by Crippen LogP contribution is 2.13. The number of carbonyl (C=O) groups excluding carboxylic acids is 2. The smallest absolute Gasteiger partial charge is 0.330 e. The Balaban J connectivity index is 2.26. The van der Waals surface area contributed by atoms with Crippen LogP contribution in [0.15, 0.2) is 36.4 Å². The minimum atomic E-state index is -0.502. The van der Waals surface area contributed by atoms with Gasteiger partial charge in [-0.15, -0.1) is 0 Å². The molecule has 0 aromatic heterocycles. The summed E-state index contributed by atoms with van der Waals surface area (Å²) in [6.45, 7) is 2.51. The van der Waals surface area contributed by atoms with Crippen LogP contribution in [0, 0.1) is 0 Å². The highest BCUT2D eigenvalue weighted by Gasteiger charge is 2.01. The zero-order chi connectivity index (χ0) is 15.5. The lowest BCUT2D eigenvalue weighted by atomic mass is 10.2. The molecule has 0 radical (unpaired) electrons. The summed E-state index contributed by atoms with van der Waals surface area (Å²) in [5, 5.41) is 3.21. The average Bonchev–Trinajstić information content (AvgIpc) is 2.47. The van der Waals surface area contributed by atoms with Crippen LogP contribution in [-0.4, -0.2) is 18.5 Å². The summed E-state index contributed by atoms with van der Waals surface area (Å²) in [6, 6.07) is 6.71. The van der Waals surface area contributed by atoms with Crippen LogP contribution < -0.4 is 5.32 Å². The van der Waals surface area contributed by atoms with E-state index in [1.807, 2.05) is 0 Å². The van der Waals surface area contributed by atoms with E-state index in [-0.39, 0.29) is 5.91 Å². The van der Waals surface area contributed by atoms with Crippen LogP contribution in [0.4, 0.5) is 5.69 Å². The Bertz CT molecular complexity index is 483. The summed E-state index contributed by atoms with van der Waals surface area (Å²) >= 11 is 5.74. The molecule has 0 saturated heterocycles. The molecule has 1 amide bonds. The SMILES string of the molecule is CCCCCCOC(=O)/C=C/C(=O)Nc1ccc(Cl)cc1. The fourth-order valence-electron chi connectivity index (χ4n) is 1.61. The summed E-state index contributed by atoms with van der Waals surface area (Å²) in [4.78, 5) is 22.9. The lowest BCUT2D eigenvalue weighted by Crippen LogP contribution is -2.09. The third kappa shape index (κ3) is 8.15. The van der Waals surface area contributed by atoms with E-state index in [4.69, 9.17) is 16.3 Å². The predicted molar refractivity (Wildman–Crippen MR) is 84.3 cm³/mol. The zero-order valence-corrected chi connectivity index (χ0v) is 12.9. The molecule has 114 valence electrons. The molecule has 0 atom stereocenters. The van der Waals surface area contributed by atoms with Gasteiger partial charge in [-0.25, -0.2) is 4.79 Å². The van der Waals surface area contributed by atoms with Crippen molar-refractivity contribution in [2.75, 3.05) is 11.9 Å². The molecule has 0 aliphatic carbocycles. The van der Waals surface area contributed by atoms with E-state index in [1.165, 1.54) is 0 Å². The van der Waals surface area contributed by atoms with Crippen molar-refractivity contribution in [3.63, 3.8) is 0 Å². The Morgan fingerprint density at radius 1 is 1.14 bits per heavy atom. The molecule has 0 unspecified atom stereocenters. The van der Waals surface area contributed by atoms with Crippen molar-refractivity contribution in [1.82, 2.24) is 0 Å². The van der Waals surface area contributed by atoms with Crippen LogP contribution in [-0.2, 0) is 14.3 Å². The van der Waals surface area contributed by atoms with Crippen molar-refractivity contribution in [3.05, 3.63) is 41.4 Å². The monoisotopic (exact) mass is 309 g/mol. The first-order chi connectivity index (χ1) is 10.1. The molecular formula is C16H20ClNO3. The predicted octanol–water partition coefficient (Wildman–Crippen LogP) is 3.96. The molecule has 0 heterocycles. The van der Waals surface area contributed by atoms with Crippen LogP contribution in [0.2, 0.25) is 5.02 Å². The summed E-state index contributed by atoms with van der Waals surface area (Å²) in [6.07, 6.45) is 6.46. The van der Waals surface area contributed by atoms with E-state index >= 15 is 0 Å². The summed E-state index contributed by atoms with van der Waals surface area (Å²) < 4.78 is 4.98. The molecule has 0 fully saturated rings. The summed E-state index contributed by atoms with van der Waals surface area (Å²) in [5.41, 5.74) is 0.613. The van der Waals surface area contributed by atoms with Crippen molar-refractivity contribution in [3.8, 4) is 0 Å². The molecule has 21 heavy (non-hydrogen) atoms. The maximum atomic E-state index is 11.6. The highest BCUT2D eigenvalue weighted by molar-refractivity contribution is 6.30. The molecule has 1 aromatic rings. The van der Waals surface area contributed by atoms with Crippen LogP contribution >= 0.6 is 11.6 Å².